The van der Waals surface area contributed by atoms with Crippen molar-refractivity contribution in [3.8, 4) is 0 Å². The molecule has 2 aliphatic heterocycles. The maximum atomic E-state index is 12.9. The highest BCUT2D eigenvalue weighted by atomic mass is 79.9. The molecule has 6 aliphatic rings. The van der Waals surface area contributed by atoms with E-state index in [1.54, 1.807) is 6.92 Å². The summed E-state index contributed by atoms with van der Waals surface area (Å²) in [7, 11) is 2.48. The highest BCUT2D eigenvalue weighted by Gasteiger charge is 2.67. The van der Waals surface area contributed by atoms with Crippen LogP contribution in [0.3, 0.4) is 0 Å². The van der Waals surface area contributed by atoms with Crippen LogP contribution in [0.5, 0.6) is 0 Å². The van der Waals surface area contributed by atoms with E-state index in [2.05, 4.69) is 25.8 Å². The van der Waals surface area contributed by atoms with Gasteiger partial charge in [0.1, 0.15) is 12.1 Å². The van der Waals surface area contributed by atoms with Crippen LogP contribution in [0.4, 0.5) is 0 Å². The molecule has 10 atom stereocenters. The molecule has 42 heavy (non-hydrogen) atoms. The Morgan fingerprint density at radius 1 is 0.881 bits per heavy atom. The number of ether oxygens (including phenoxy) is 2. The quantitative estimate of drug-likeness (QED) is 0.338. The number of hydrogen-bond donors (Lipinski definition) is 0. The molecule has 6 rings (SSSR count). The summed E-state index contributed by atoms with van der Waals surface area (Å²) < 4.78 is 13.7. The summed E-state index contributed by atoms with van der Waals surface area (Å²) in [5.41, 5.74) is 0.375. The predicted octanol–water partition coefficient (Wildman–Crippen LogP) is 3.36. The van der Waals surface area contributed by atoms with Gasteiger partial charge < -0.3 is 30.9 Å². The molecule has 7 heteroatoms. The van der Waals surface area contributed by atoms with Gasteiger partial charge in [-0.05, 0) is 113 Å². The molecule has 4 aliphatic carbocycles. The van der Waals surface area contributed by atoms with Crippen LogP contribution in [0.15, 0.2) is 0 Å². The van der Waals surface area contributed by atoms with Gasteiger partial charge in [0, 0.05) is 31.2 Å². The molecular formula is C35H59BrN2O4. The van der Waals surface area contributed by atoms with E-state index in [0.717, 1.165) is 29.9 Å². The van der Waals surface area contributed by atoms with Crippen LogP contribution >= 0.6 is 0 Å². The highest BCUT2D eigenvalue weighted by molar-refractivity contribution is 5.69. The monoisotopic (exact) mass is 650 g/mol. The Bertz CT molecular complexity index is 980. The van der Waals surface area contributed by atoms with Gasteiger partial charge in [-0.15, -0.1) is 0 Å². The van der Waals surface area contributed by atoms with Gasteiger partial charge in [-0.1, -0.05) is 27.2 Å². The van der Waals surface area contributed by atoms with E-state index in [1.165, 1.54) is 90.1 Å². The lowest BCUT2D eigenvalue weighted by atomic mass is 9.44. The van der Waals surface area contributed by atoms with Crippen molar-refractivity contribution in [3.05, 3.63) is 0 Å². The molecule has 0 spiro atoms. The number of quaternary nitrogens is 1. The van der Waals surface area contributed by atoms with Crippen LogP contribution in [0.25, 0.3) is 0 Å². The van der Waals surface area contributed by atoms with E-state index in [1.807, 2.05) is 6.92 Å². The van der Waals surface area contributed by atoms with Crippen LogP contribution in [-0.2, 0) is 19.1 Å². The van der Waals surface area contributed by atoms with Crippen molar-refractivity contribution >= 4 is 11.9 Å². The fourth-order valence-electron chi connectivity index (χ4n) is 11.8. The third-order valence-corrected chi connectivity index (χ3v) is 14.0. The number of halogens is 1. The number of likely N-dealkylation sites (tertiary alicyclic amines) is 2. The number of esters is 2. The molecule has 0 amide bonds. The number of carbonyl (C=O) groups is 2. The van der Waals surface area contributed by atoms with E-state index in [-0.39, 0.29) is 46.5 Å². The Labute approximate surface area is 266 Å². The lowest BCUT2D eigenvalue weighted by Gasteiger charge is -2.62. The van der Waals surface area contributed by atoms with Gasteiger partial charge >= 0.3 is 11.9 Å². The third-order valence-electron chi connectivity index (χ3n) is 14.0. The zero-order valence-corrected chi connectivity index (χ0v) is 28.8. The molecule has 0 bridgehead atoms. The molecule has 6 fully saturated rings. The van der Waals surface area contributed by atoms with Gasteiger partial charge in [0.2, 0.25) is 0 Å². The first kappa shape index (κ1) is 32.7. The van der Waals surface area contributed by atoms with Crippen LogP contribution in [0.1, 0.15) is 118 Å². The summed E-state index contributed by atoms with van der Waals surface area (Å²) >= 11 is 0. The Kier molecular flexibility index (Phi) is 9.83. The lowest BCUT2D eigenvalue weighted by Crippen LogP contribution is -3.00. The maximum absolute atomic E-state index is 12.9. The Morgan fingerprint density at radius 3 is 2.24 bits per heavy atom. The molecule has 240 valence electrons. The summed E-state index contributed by atoms with van der Waals surface area (Å²) in [5, 5.41) is 0. The van der Waals surface area contributed by atoms with E-state index in [9.17, 15) is 9.59 Å². The van der Waals surface area contributed by atoms with Crippen molar-refractivity contribution in [2.75, 3.05) is 33.2 Å². The lowest BCUT2D eigenvalue weighted by molar-refractivity contribution is -0.940. The zero-order valence-electron chi connectivity index (χ0n) is 27.3. The number of rotatable bonds is 5. The van der Waals surface area contributed by atoms with Gasteiger partial charge in [0.25, 0.3) is 0 Å². The van der Waals surface area contributed by atoms with Crippen molar-refractivity contribution in [1.29, 1.82) is 0 Å². The standard InChI is InChI=1S/C35H59N2O4.BrH/c1-6-32(39)41-33-30(37(5)19-11-8-12-20-37)22-28-26-14-13-25-21-31(40-24(2)38)29(36-17-9-7-10-18-36)23-35(25,4)27(26)15-16-34(28,33)3;/h25-31,33H,6-23H2,1-5H3;1H/q+1;/p-1/t25?,26-,27-,28+,29?,30?,31?,33?,34+,35+;/m1./s1. The Hall–Kier alpha value is -0.660. The third kappa shape index (κ3) is 5.63. The fourth-order valence-corrected chi connectivity index (χ4v) is 11.8. The minimum atomic E-state index is -0.110. The number of likely N-dealkylation sites (N-methyl/N-ethyl adjacent to an activating group) is 1. The Morgan fingerprint density at radius 2 is 1.57 bits per heavy atom. The highest BCUT2D eigenvalue weighted by Crippen LogP contribution is 2.67. The topological polar surface area (TPSA) is 55.8 Å². The van der Waals surface area contributed by atoms with Crippen LogP contribution < -0.4 is 17.0 Å². The van der Waals surface area contributed by atoms with Crippen molar-refractivity contribution in [3.63, 3.8) is 0 Å². The first-order chi connectivity index (χ1) is 19.6. The number of carbonyl (C=O) groups excluding carboxylic acids is 2. The van der Waals surface area contributed by atoms with E-state index >= 15 is 0 Å². The molecule has 2 saturated heterocycles. The van der Waals surface area contributed by atoms with E-state index in [0.29, 0.717) is 41.7 Å². The number of fused-ring (bicyclic) bond motifs is 5. The van der Waals surface area contributed by atoms with Gasteiger partial charge in [-0.3, -0.25) is 14.5 Å². The number of nitrogens with zero attached hydrogens (tertiary/aromatic N) is 2. The van der Waals surface area contributed by atoms with Gasteiger partial charge in [-0.2, -0.15) is 0 Å². The van der Waals surface area contributed by atoms with Gasteiger partial charge in [-0.25, -0.2) is 0 Å². The average Bonchev–Trinajstić information content (AvgIpc) is 3.26. The first-order valence-electron chi connectivity index (χ1n) is 17.5. The molecule has 0 aromatic carbocycles. The van der Waals surface area contributed by atoms with Crippen molar-refractivity contribution < 1.29 is 40.5 Å². The molecule has 0 radical (unpaired) electrons. The SMILES string of the molecule is CCC(=O)OC1C([N+]2(C)CCCCC2)C[C@H]2[C@@H]3CCC4CC(OC(C)=O)C(N5CCCCC5)C[C@]4(C)[C@@H]3CC[C@]12C.[Br-]. The molecule has 0 aromatic rings. The second-order valence-electron chi connectivity index (χ2n) is 16.0. The summed E-state index contributed by atoms with van der Waals surface area (Å²) in [6.07, 6.45) is 16.8. The van der Waals surface area contributed by atoms with Crippen molar-refractivity contribution in [2.45, 2.75) is 142 Å². The molecule has 0 N–H and O–H groups in total. The van der Waals surface area contributed by atoms with Gasteiger partial charge in [0.05, 0.1) is 20.1 Å². The van der Waals surface area contributed by atoms with Crippen molar-refractivity contribution in [2.24, 2.45) is 34.5 Å². The number of hydrogen-bond acceptors (Lipinski definition) is 5. The summed E-state index contributed by atoms with van der Waals surface area (Å²) in [5.74, 6) is 2.59. The summed E-state index contributed by atoms with van der Waals surface area (Å²) in [4.78, 5) is 27.8. The molecular weight excluding hydrogens is 592 g/mol. The normalized spacial score (nSPS) is 45.0. The minimum absolute atomic E-state index is 0. The largest absolute Gasteiger partial charge is 1.00 e. The average molecular weight is 652 g/mol. The van der Waals surface area contributed by atoms with Crippen LogP contribution in [0, 0.1) is 34.5 Å². The van der Waals surface area contributed by atoms with E-state index < -0.39 is 0 Å². The minimum Gasteiger partial charge on any atom is -1.00 e. The molecule has 5 unspecified atom stereocenters. The Balaban J connectivity index is 0.00000353. The molecule has 6 nitrogen and oxygen atoms in total. The summed E-state index contributed by atoms with van der Waals surface area (Å²) in [6.45, 7) is 13.5. The number of piperidine rings is 2. The van der Waals surface area contributed by atoms with Crippen LogP contribution in [0.2, 0.25) is 0 Å². The first-order valence-corrected chi connectivity index (χ1v) is 17.5. The second kappa shape index (κ2) is 12.6. The smallest absolute Gasteiger partial charge is 0.306 e. The van der Waals surface area contributed by atoms with Crippen molar-refractivity contribution in [1.82, 2.24) is 4.90 Å². The zero-order chi connectivity index (χ0) is 29.0. The molecule has 4 saturated carbocycles. The predicted molar refractivity (Wildman–Crippen MR) is 161 cm³/mol. The molecule has 2 heterocycles. The van der Waals surface area contributed by atoms with Gasteiger partial charge in [0.15, 0.2) is 6.10 Å². The molecule has 0 aromatic heterocycles. The summed E-state index contributed by atoms with van der Waals surface area (Å²) in [6, 6.07) is 0.797. The van der Waals surface area contributed by atoms with E-state index in [4.69, 9.17) is 9.47 Å². The maximum Gasteiger partial charge on any atom is 0.306 e. The second-order valence-corrected chi connectivity index (χ2v) is 16.0. The van der Waals surface area contributed by atoms with Crippen LogP contribution in [-0.4, -0.2) is 78.8 Å². The fraction of sp³-hybridized carbons (Fsp3) is 0.943.